The summed E-state index contributed by atoms with van der Waals surface area (Å²) in [5.41, 5.74) is 1.88. The first-order valence-corrected chi connectivity index (χ1v) is 9.34. The maximum atomic E-state index is 12.8. The predicted octanol–water partition coefficient (Wildman–Crippen LogP) is 5.07. The van der Waals surface area contributed by atoms with E-state index < -0.39 is 4.92 Å². The zero-order valence-corrected chi connectivity index (χ0v) is 15.3. The molecular weight excluding hydrogens is 344 g/mol. The standard InChI is InChI=1S/C21H24N2O4/c24-21(27-20-9-5-2-6-10-20)22(15-17-7-3-1-4-8-17)16-18-11-13-19(14-12-18)23(25)26/h1,3-4,7-8,11-14,20H,2,5-6,9-10,15-16H2. The van der Waals surface area contributed by atoms with Crippen molar-refractivity contribution in [2.75, 3.05) is 0 Å². The van der Waals surface area contributed by atoms with E-state index in [1.54, 1.807) is 17.0 Å². The van der Waals surface area contributed by atoms with E-state index in [0.29, 0.717) is 13.1 Å². The van der Waals surface area contributed by atoms with E-state index in [2.05, 4.69) is 0 Å². The number of hydrogen-bond donors (Lipinski definition) is 0. The van der Waals surface area contributed by atoms with Gasteiger partial charge in [-0.15, -0.1) is 0 Å². The number of rotatable bonds is 6. The van der Waals surface area contributed by atoms with Gasteiger partial charge in [-0.1, -0.05) is 48.9 Å². The maximum absolute atomic E-state index is 12.8. The lowest BCUT2D eigenvalue weighted by Gasteiger charge is -2.27. The van der Waals surface area contributed by atoms with Crippen molar-refractivity contribution >= 4 is 11.8 Å². The van der Waals surface area contributed by atoms with Crippen molar-refractivity contribution in [2.24, 2.45) is 0 Å². The summed E-state index contributed by atoms with van der Waals surface area (Å²) in [5, 5.41) is 10.8. The van der Waals surface area contributed by atoms with Crippen LogP contribution in [0.3, 0.4) is 0 Å². The molecule has 0 saturated heterocycles. The van der Waals surface area contributed by atoms with Crippen LogP contribution in [0.2, 0.25) is 0 Å². The summed E-state index contributed by atoms with van der Waals surface area (Å²) in [4.78, 5) is 24.8. The van der Waals surface area contributed by atoms with E-state index in [9.17, 15) is 14.9 Å². The summed E-state index contributed by atoms with van der Waals surface area (Å²) in [6, 6.07) is 16.0. The largest absolute Gasteiger partial charge is 0.446 e. The first kappa shape index (κ1) is 18.9. The highest BCUT2D eigenvalue weighted by molar-refractivity contribution is 5.68. The molecule has 6 nitrogen and oxygen atoms in total. The lowest BCUT2D eigenvalue weighted by molar-refractivity contribution is -0.384. The number of non-ortho nitro benzene ring substituents is 1. The Labute approximate surface area is 158 Å². The number of nitro benzene ring substituents is 1. The molecule has 0 N–H and O–H groups in total. The Bertz CT molecular complexity index is 756. The zero-order chi connectivity index (χ0) is 19.1. The lowest BCUT2D eigenvalue weighted by atomic mass is 9.98. The Hall–Kier alpha value is -2.89. The highest BCUT2D eigenvalue weighted by Crippen LogP contribution is 2.22. The number of hydrogen-bond acceptors (Lipinski definition) is 4. The van der Waals surface area contributed by atoms with Crippen LogP contribution in [0.5, 0.6) is 0 Å². The van der Waals surface area contributed by atoms with Crippen LogP contribution < -0.4 is 0 Å². The van der Waals surface area contributed by atoms with Gasteiger partial charge < -0.3 is 4.74 Å². The zero-order valence-electron chi connectivity index (χ0n) is 15.3. The second-order valence-corrected chi connectivity index (χ2v) is 6.91. The maximum Gasteiger partial charge on any atom is 0.410 e. The second kappa shape index (κ2) is 9.16. The number of amides is 1. The Morgan fingerprint density at radius 3 is 2.15 bits per heavy atom. The first-order chi connectivity index (χ1) is 13.1. The minimum Gasteiger partial charge on any atom is -0.446 e. The van der Waals surface area contributed by atoms with Crippen LogP contribution in [0.4, 0.5) is 10.5 Å². The van der Waals surface area contributed by atoms with Crippen molar-refractivity contribution in [3.8, 4) is 0 Å². The van der Waals surface area contributed by atoms with Crippen LogP contribution in [0.1, 0.15) is 43.2 Å². The van der Waals surface area contributed by atoms with Gasteiger partial charge in [0.25, 0.3) is 5.69 Å². The van der Waals surface area contributed by atoms with E-state index in [0.717, 1.165) is 36.8 Å². The average Bonchev–Trinajstić information content (AvgIpc) is 2.69. The molecule has 0 aromatic heterocycles. The second-order valence-electron chi connectivity index (χ2n) is 6.91. The van der Waals surface area contributed by atoms with Gasteiger partial charge in [0.15, 0.2) is 0 Å². The van der Waals surface area contributed by atoms with Crippen LogP contribution in [-0.2, 0) is 17.8 Å². The van der Waals surface area contributed by atoms with Crippen LogP contribution in [0, 0.1) is 10.1 Å². The fourth-order valence-electron chi connectivity index (χ4n) is 3.33. The number of ether oxygens (including phenoxy) is 1. The van der Waals surface area contributed by atoms with Gasteiger partial charge in [-0.05, 0) is 36.8 Å². The Kier molecular flexibility index (Phi) is 6.41. The Morgan fingerprint density at radius 2 is 1.56 bits per heavy atom. The quantitative estimate of drug-likeness (QED) is 0.527. The van der Waals surface area contributed by atoms with E-state index >= 15 is 0 Å². The van der Waals surface area contributed by atoms with Gasteiger partial charge in [-0.3, -0.25) is 15.0 Å². The molecule has 6 heteroatoms. The number of carbonyl (C=O) groups is 1. The van der Waals surface area contributed by atoms with Gasteiger partial charge in [-0.25, -0.2) is 4.79 Å². The summed E-state index contributed by atoms with van der Waals surface area (Å²) in [5.74, 6) is 0. The van der Waals surface area contributed by atoms with Crippen molar-refractivity contribution in [3.63, 3.8) is 0 Å². The van der Waals surface area contributed by atoms with Crippen molar-refractivity contribution in [2.45, 2.75) is 51.3 Å². The molecule has 0 spiro atoms. The van der Waals surface area contributed by atoms with Crippen molar-refractivity contribution in [1.82, 2.24) is 4.90 Å². The van der Waals surface area contributed by atoms with E-state index in [-0.39, 0.29) is 17.9 Å². The lowest BCUT2D eigenvalue weighted by Crippen LogP contribution is -2.34. The van der Waals surface area contributed by atoms with E-state index in [1.165, 1.54) is 18.6 Å². The van der Waals surface area contributed by atoms with Crippen LogP contribution in [0.25, 0.3) is 0 Å². The molecule has 1 fully saturated rings. The summed E-state index contributed by atoms with van der Waals surface area (Å²) in [7, 11) is 0. The molecule has 3 rings (SSSR count). The molecule has 0 unspecified atom stereocenters. The third kappa shape index (κ3) is 5.54. The Morgan fingerprint density at radius 1 is 0.963 bits per heavy atom. The first-order valence-electron chi connectivity index (χ1n) is 9.34. The highest BCUT2D eigenvalue weighted by atomic mass is 16.6. The van der Waals surface area contributed by atoms with Crippen LogP contribution in [-0.4, -0.2) is 22.0 Å². The fourth-order valence-corrected chi connectivity index (χ4v) is 3.33. The molecule has 0 heterocycles. The Balaban J connectivity index is 1.71. The topological polar surface area (TPSA) is 72.7 Å². The smallest absolute Gasteiger partial charge is 0.410 e. The molecule has 1 aliphatic rings. The van der Waals surface area contributed by atoms with Crippen molar-refractivity contribution in [1.29, 1.82) is 0 Å². The minimum atomic E-state index is -0.428. The van der Waals surface area contributed by atoms with Gasteiger partial charge in [0.2, 0.25) is 0 Å². The number of nitrogens with zero attached hydrogens (tertiary/aromatic N) is 2. The van der Waals surface area contributed by atoms with Gasteiger partial charge in [-0.2, -0.15) is 0 Å². The van der Waals surface area contributed by atoms with Crippen LogP contribution in [0.15, 0.2) is 54.6 Å². The molecule has 1 amide bonds. The average molecular weight is 368 g/mol. The minimum absolute atomic E-state index is 0.0126. The molecule has 0 atom stereocenters. The van der Waals surface area contributed by atoms with Crippen LogP contribution >= 0.6 is 0 Å². The number of carbonyl (C=O) groups excluding carboxylic acids is 1. The molecule has 1 saturated carbocycles. The van der Waals surface area contributed by atoms with E-state index in [1.807, 2.05) is 30.3 Å². The molecule has 2 aromatic carbocycles. The number of nitro groups is 1. The van der Waals surface area contributed by atoms with Gasteiger partial charge in [0.1, 0.15) is 6.10 Å². The molecule has 2 aromatic rings. The predicted molar refractivity (Wildman–Crippen MR) is 102 cm³/mol. The summed E-state index contributed by atoms with van der Waals surface area (Å²) < 4.78 is 5.74. The molecule has 0 aliphatic heterocycles. The molecule has 0 radical (unpaired) electrons. The van der Waals surface area contributed by atoms with E-state index in [4.69, 9.17) is 4.74 Å². The SMILES string of the molecule is O=C(OC1CCCCC1)N(Cc1ccccc1)Cc1ccc([N+](=O)[O-])cc1. The third-order valence-corrected chi connectivity index (χ3v) is 4.81. The molecule has 27 heavy (non-hydrogen) atoms. The molecule has 0 bridgehead atoms. The van der Waals surface area contributed by atoms with Crippen molar-refractivity contribution < 1.29 is 14.5 Å². The van der Waals surface area contributed by atoms with Gasteiger partial charge >= 0.3 is 6.09 Å². The monoisotopic (exact) mass is 368 g/mol. The van der Waals surface area contributed by atoms with Gasteiger partial charge in [0.05, 0.1) is 4.92 Å². The molecular formula is C21H24N2O4. The molecule has 1 aliphatic carbocycles. The fraction of sp³-hybridized carbons (Fsp3) is 0.381. The summed E-state index contributed by atoms with van der Waals surface area (Å²) in [6.45, 7) is 0.780. The summed E-state index contributed by atoms with van der Waals surface area (Å²) >= 11 is 0. The number of benzene rings is 2. The van der Waals surface area contributed by atoms with Gasteiger partial charge in [0, 0.05) is 25.2 Å². The third-order valence-electron chi connectivity index (χ3n) is 4.81. The summed E-state index contributed by atoms with van der Waals surface area (Å²) in [6.07, 6.45) is 4.89. The highest BCUT2D eigenvalue weighted by Gasteiger charge is 2.22. The molecule has 142 valence electrons. The normalized spacial score (nSPS) is 14.5. The van der Waals surface area contributed by atoms with Crippen molar-refractivity contribution in [3.05, 3.63) is 75.8 Å².